The Bertz CT molecular complexity index is 1240. The first-order chi connectivity index (χ1) is 19.5. The van der Waals surface area contributed by atoms with E-state index < -0.39 is 52.6 Å². The standard InChI is InChI=1S/C33H44O7Si2/c1-25(34)37-24-28(38-26(2)35)20-21-32(31(39-27(3)36)22-23-41(7,8)9)40-42(33(4,5)6,29-16-12-10-13-17-29)30-18-14-11-15-19-30/h10-21,28,31-32H,24H2,1-9H3/b21-20-/t28-,31+,32+/m0/s1. The molecular weight excluding hydrogens is 565 g/mol. The lowest BCUT2D eigenvalue weighted by molar-refractivity contribution is -0.153. The van der Waals surface area contributed by atoms with E-state index in [9.17, 15) is 14.4 Å². The van der Waals surface area contributed by atoms with E-state index in [0.717, 1.165) is 10.4 Å². The quantitative estimate of drug-likeness (QED) is 0.119. The van der Waals surface area contributed by atoms with Crippen molar-refractivity contribution >= 4 is 44.7 Å². The molecule has 0 amide bonds. The fraction of sp³-hybridized carbons (Fsp3) is 0.424. The van der Waals surface area contributed by atoms with Gasteiger partial charge in [0.05, 0.1) is 0 Å². The second-order valence-electron chi connectivity index (χ2n) is 12.1. The summed E-state index contributed by atoms with van der Waals surface area (Å²) in [6.45, 7) is 16.5. The van der Waals surface area contributed by atoms with Gasteiger partial charge in [-0.05, 0) is 21.5 Å². The first-order valence-corrected chi connectivity index (χ1v) is 19.4. The Hall–Kier alpha value is -3.46. The molecule has 0 aliphatic heterocycles. The van der Waals surface area contributed by atoms with Crippen LogP contribution in [0.4, 0.5) is 0 Å². The molecule has 0 heterocycles. The van der Waals surface area contributed by atoms with Gasteiger partial charge < -0.3 is 18.6 Å². The number of carbonyl (C=O) groups excluding carboxylic acids is 3. The van der Waals surface area contributed by atoms with Crippen molar-refractivity contribution in [3.63, 3.8) is 0 Å². The van der Waals surface area contributed by atoms with Gasteiger partial charge in [-0.2, -0.15) is 0 Å². The Morgan fingerprint density at radius 2 is 1.29 bits per heavy atom. The van der Waals surface area contributed by atoms with E-state index in [-0.39, 0.29) is 11.6 Å². The molecule has 2 aromatic rings. The number of benzene rings is 2. The van der Waals surface area contributed by atoms with Crippen molar-refractivity contribution in [1.82, 2.24) is 0 Å². The number of hydrogen-bond donors (Lipinski definition) is 0. The van der Waals surface area contributed by atoms with Gasteiger partial charge >= 0.3 is 17.9 Å². The van der Waals surface area contributed by atoms with Crippen LogP contribution in [0.25, 0.3) is 0 Å². The third kappa shape index (κ3) is 10.4. The summed E-state index contributed by atoms with van der Waals surface area (Å²) in [6, 6.07) is 20.2. The van der Waals surface area contributed by atoms with Gasteiger partial charge in [0.1, 0.15) is 20.8 Å². The average molecular weight is 609 g/mol. The Labute approximate surface area is 252 Å². The number of carbonyl (C=O) groups is 3. The Balaban J connectivity index is 2.84. The van der Waals surface area contributed by atoms with Crippen LogP contribution in [0.15, 0.2) is 72.8 Å². The Morgan fingerprint density at radius 3 is 1.69 bits per heavy atom. The molecule has 42 heavy (non-hydrogen) atoms. The van der Waals surface area contributed by atoms with Crippen LogP contribution in [-0.2, 0) is 33.0 Å². The van der Waals surface area contributed by atoms with Crippen molar-refractivity contribution in [2.75, 3.05) is 6.61 Å². The summed E-state index contributed by atoms with van der Waals surface area (Å²) in [4.78, 5) is 35.7. The van der Waals surface area contributed by atoms with Gasteiger partial charge in [-0.1, -0.05) is 113 Å². The lowest BCUT2D eigenvalue weighted by Crippen LogP contribution is -2.68. The van der Waals surface area contributed by atoms with E-state index in [2.05, 4.69) is 76.1 Å². The van der Waals surface area contributed by atoms with Crippen LogP contribution in [0.5, 0.6) is 0 Å². The zero-order valence-electron chi connectivity index (χ0n) is 26.2. The molecule has 7 nitrogen and oxygen atoms in total. The van der Waals surface area contributed by atoms with Crippen LogP contribution < -0.4 is 10.4 Å². The van der Waals surface area contributed by atoms with Crippen molar-refractivity contribution in [2.24, 2.45) is 0 Å². The van der Waals surface area contributed by atoms with Gasteiger partial charge in [-0.3, -0.25) is 14.4 Å². The minimum atomic E-state index is -3.13. The molecule has 0 aliphatic carbocycles. The highest BCUT2D eigenvalue weighted by atomic mass is 28.4. The van der Waals surface area contributed by atoms with Crippen molar-refractivity contribution in [3.05, 3.63) is 72.8 Å². The molecule has 2 rings (SSSR count). The molecule has 0 spiro atoms. The monoisotopic (exact) mass is 608 g/mol. The molecule has 2 aromatic carbocycles. The zero-order valence-corrected chi connectivity index (χ0v) is 28.2. The highest BCUT2D eigenvalue weighted by Gasteiger charge is 2.52. The van der Waals surface area contributed by atoms with E-state index in [1.54, 1.807) is 12.2 Å². The van der Waals surface area contributed by atoms with E-state index >= 15 is 0 Å². The summed E-state index contributed by atoms with van der Waals surface area (Å²) in [6.07, 6.45) is 0.653. The van der Waals surface area contributed by atoms with Gasteiger partial charge in [-0.15, -0.1) is 5.54 Å². The highest BCUT2D eigenvalue weighted by Crippen LogP contribution is 2.38. The Morgan fingerprint density at radius 1 is 0.786 bits per heavy atom. The molecule has 9 heteroatoms. The van der Waals surface area contributed by atoms with Crippen LogP contribution in [0.1, 0.15) is 41.5 Å². The molecule has 226 valence electrons. The van der Waals surface area contributed by atoms with Crippen LogP contribution in [-0.4, -0.2) is 59.2 Å². The molecule has 0 aliphatic rings. The molecule has 0 bridgehead atoms. The fourth-order valence-corrected chi connectivity index (χ4v) is 9.72. The summed E-state index contributed by atoms with van der Waals surface area (Å²) in [5.41, 5.74) is 3.33. The lowest BCUT2D eigenvalue weighted by atomic mass is 10.1. The highest BCUT2D eigenvalue weighted by molar-refractivity contribution is 6.99. The van der Waals surface area contributed by atoms with Crippen molar-refractivity contribution < 1.29 is 33.0 Å². The van der Waals surface area contributed by atoms with Crippen LogP contribution in [0.3, 0.4) is 0 Å². The maximum absolute atomic E-state index is 12.4. The SMILES string of the molecule is CC(=O)OC[C@H](/C=C\[C@@H](O[Si](c1ccccc1)(c1ccccc1)C(C)(C)C)[C@@H](C#C[Si](C)(C)C)OC(C)=O)OC(C)=O. The number of ether oxygens (including phenoxy) is 3. The minimum Gasteiger partial charge on any atom is -0.462 e. The van der Waals surface area contributed by atoms with E-state index in [0.29, 0.717) is 0 Å². The Kier molecular flexibility index (Phi) is 12.5. The molecule has 3 atom stereocenters. The minimum absolute atomic E-state index is 0.170. The first-order valence-electron chi connectivity index (χ1n) is 14.0. The van der Waals surface area contributed by atoms with Crippen molar-refractivity contribution in [1.29, 1.82) is 0 Å². The zero-order chi connectivity index (χ0) is 31.6. The molecule has 0 fully saturated rings. The van der Waals surface area contributed by atoms with Gasteiger partial charge in [0, 0.05) is 20.8 Å². The maximum atomic E-state index is 12.4. The lowest BCUT2D eigenvalue weighted by Gasteiger charge is -2.45. The third-order valence-corrected chi connectivity index (χ3v) is 12.1. The van der Waals surface area contributed by atoms with Crippen molar-refractivity contribution in [2.45, 2.75) is 84.5 Å². The molecular formula is C33H44O7Si2. The number of hydrogen-bond acceptors (Lipinski definition) is 7. The summed E-state index contributed by atoms with van der Waals surface area (Å²) >= 11 is 0. The van der Waals surface area contributed by atoms with E-state index in [4.69, 9.17) is 18.6 Å². The molecule has 0 N–H and O–H groups in total. The molecule has 0 unspecified atom stereocenters. The predicted octanol–water partition coefficient (Wildman–Crippen LogP) is 4.80. The first kappa shape index (κ1) is 34.7. The fourth-order valence-electron chi connectivity index (χ4n) is 4.52. The summed E-state index contributed by atoms with van der Waals surface area (Å²) < 4.78 is 23.7. The molecule has 0 radical (unpaired) electrons. The van der Waals surface area contributed by atoms with Gasteiger partial charge in [0.15, 0.2) is 12.2 Å². The van der Waals surface area contributed by atoms with Crippen LogP contribution >= 0.6 is 0 Å². The number of rotatable bonds is 11. The topological polar surface area (TPSA) is 88.1 Å². The molecule has 0 aromatic heterocycles. The maximum Gasteiger partial charge on any atom is 0.303 e. The number of esters is 3. The smallest absolute Gasteiger partial charge is 0.303 e. The summed E-state index contributed by atoms with van der Waals surface area (Å²) in [5, 5.41) is 1.71. The average Bonchev–Trinajstić information content (AvgIpc) is 2.89. The van der Waals surface area contributed by atoms with Crippen LogP contribution in [0, 0.1) is 11.5 Å². The third-order valence-electron chi connectivity index (χ3n) is 6.19. The van der Waals surface area contributed by atoms with Gasteiger partial charge in [0.2, 0.25) is 0 Å². The van der Waals surface area contributed by atoms with Gasteiger partial charge in [-0.25, -0.2) is 0 Å². The van der Waals surface area contributed by atoms with E-state index in [1.807, 2.05) is 36.4 Å². The molecule has 0 saturated heterocycles. The van der Waals surface area contributed by atoms with Crippen LogP contribution in [0.2, 0.25) is 24.7 Å². The largest absolute Gasteiger partial charge is 0.462 e. The summed E-state index contributed by atoms with van der Waals surface area (Å²) in [7, 11) is -5.01. The molecule has 0 saturated carbocycles. The summed E-state index contributed by atoms with van der Waals surface area (Å²) in [5.74, 6) is 1.68. The normalized spacial score (nSPS) is 14.2. The van der Waals surface area contributed by atoms with Gasteiger partial charge in [0.25, 0.3) is 8.32 Å². The second kappa shape index (κ2) is 15.1. The second-order valence-corrected chi connectivity index (χ2v) is 21.1. The van der Waals surface area contributed by atoms with E-state index in [1.165, 1.54) is 20.8 Å². The van der Waals surface area contributed by atoms with Crippen molar-refractivity contribution in [3.8, 4) is 11.5 Å². The predicted molar refractivity (Wildman–Crippen MR) is 170 cm³/mol.